The second kappa shape index (κ2) is 4.70. The Labute approximate surface area is 90.0 Å². The van der Waals surface area contributed by atoms with Crippen LogP contribution in [-0.4, -0.2) is 17.5 Å². The molecule has 0 spiro atoms. The number of hydrogen-bond acceptors (Lipinski definition) is 3. The lowest BCUT2D eigenvalue weighted by molar-refractivity contribution is 0.376. The van der Waals surface area contributed by atoms with Crippen molar-refractivity contribution in [1.29, 1.82) is 5.26 Å². The van der Waals surface area contributed by atoms with Gasteiger partial charge in [0.1, 0.15) is 0 Å². The normalized spacial score (nSPS) is 25.9. The Kier molecular flexibility index (Phi) is 3.82. The van der Waals surface area contributed by atoms with E-state index < -0.39 is 0 Å². The van der Waals surface area contributed by atoms with Crippen LogP contribution in [0.15, 0.2) is 4.99 Å². The standard InChI is InChI=1S/C10H17N3S/c1-10(2)5-4-8(6-10)13-9(14-3)12-7-11/h8H,4-6H2,1-3H3,(H,12,13). The molecule has 0 aromatic heterocycles. The minimum absolute atomic E-state index is 0.397. The van der Waals surface area contributed by atoms with E-state index in [1.54, 1.807) is 0 Å². The van der Waals surface area contributed by atoms with Crippen molar-refractivity contribution in [3.63, 3.8) is 0 Å². The molecule has 0 bridgehead atoms. The van der Waals surface area contributed by atoms with Gasteiger partial charge < -0.3 is 0 Å². The smallest absolute Gasteiger partial charge is 0.183 e. The molecule has 0 aromatic rings. The Balaban J connectivity index is 2.55. The molecular formula is C10H17N3S. The highest BCUT2D eigenvalue weighted by atomic mass is 32.2. The van der Waals surface area contributed by atoms with Crippen LogP contribution in [-0.2, 0) is 0 Å². The molecule has 1 unspecified atom stereocenters. The fourth-order valence-corrected chi connectivity index (χ4v) is 2.26. The summed E-state index contributed by atoms with van der Waals surface area (Å²) in [7, 11) is 0. The topological polar surface area (TPSA) is 48.2 Å². The van der Waals surface area contributed by atoms with Crippen molar-refractivity contribution in [2.45, 2.75) is 39.2 Å². The van der Waals surface area contributed by atoms with Gasteiger partial charge in [-0.1, -0.05) is 25.6 Å². The van der Waals surface area contributed by atoms with Gasteiger partial charge in [-0.05, 0) is 30.9 Å². The molecule has 14 heavy (non-hydrogen) atoms. The number of nitriles is 1. The maximum absolute atomic E-state index is 8.49. The summed E-state index contributed by atoms with van der Waals surface area (Å²) >= 11 is 1.50. The van der Waals surface area contributed by atoms with E-state index in [9.17, 15) is 0 Å². The van der Waals surface area contributed by atoms with Gasteiger partial charge in [-0.25, -0.2) is 0 Å². The first-order valence-electron chi connectivity index (χ1n) is 4.84. The molecule has 1 rings (SSSR count). The van der Waals surface area contributed by atoms with Gasteiger partial charge in [0.05, 0.1) is 6.04 Å². The molecule has 1 atom stereocenters. The van der Waals surface area contributed by atoms with Gasteiger partial charge in [-0.3, -0.25) is 10.3 Å². The first kappa shape index (κ1) is 11.4. The fraction of sp³-hybridized carbons (Fsp3) is 0.800. The molecule has 0 heterocycles. The van der Waals surface area contributed by atoms with Crippen molar-refractivity contribution in [2.24, 2.45) is 10.4 Å². The first-order chi connectivity index (χ1) is 6.57. The van der Waals surface area contributed by atoms with E-state index in [1.807, 2.05) is 12.4 Å². The number of thioether (sulfide) groups is 1. The zero-order chi connectivity index (χ0) is 10.6. The maximum atomic E-state index is 8.49. The van der Waals surface area contributed by atoms with E-state index in [1.165, 1.54) is 18.2 Å². The Morgan fingerprint density at radius 1 is 1.64 bits per heavy atom. The van der Waals surface area contributed by atoms with Gasteiger partial charge in [-0.15, -0.1) is 0 Å². The van der Waals surface area contributed by atoms with Crippen LogP contribution in [0.3, 0.4) is 0 Å². The summed E-state index contributed by atoms with van der Waals surface area (Å²) in [5, 5.41) is 11.8. The van der Waals surface area contributed by atoms with Gasteiger partial charge in [0.25, 0.3) is 0 Å². The number of amidine groups is 1. The quantitative estimate of drug-likeness (QED) is 0.313. The molecule has 4 heteroatoms. The second-order valence-corrected chi connectivity index (χ2v) is 5.23. The molecule has 1 N–H and O–H groups in total. The van der Waals surface area contributed by atoms with Crippen LogP contribution in [0.4, 0.5) is 0 Å². The maximum Gasteiger partial charge on any atom is 0.183 e. The molecule has 0 aliphatic heterocycles. The number of nitrogens with zero attached hydrogens (tertiary/aromatic N) is 2. The zero-order valence-electron chi connectivity index (χ0n) is 9.00. The molecule has 1 fully saturated rings. The molecule has 0 radical (unpaired) electrons. The van der Waals surface area contributed by atoms with Gasteiger partial charge in [-0.2, -0.15) is 5.26 Å². The van der Waals surface area contributed by atoms with E-state index in [-0.39, 0.29) is 0 Å². The zero-order valence-corrected chi connectivity index (χ0v) is 9.82. The summed E-state index contributed by atoms with van der Waals surface area (Å²) < 4.78 is 0. The average molecular weight is 211 g/mol. The van der Waals surface area contributed by atoms with E-state index in [2.05, 4.69) is 24.2 Å². The Morgan fingerprint density at radius 3 is 2.79 bits per heavy atom. The average Bonchev–Trinajstić information content (AvgIpc) is 2.45. The predicted octanol–water partition coefficient (Wildman–Crippen LogP) is 2.35. The summed E-state index contributed by atoms with van der Waals surface area (Å²) in [6, 6.07) is 0.397. The van der Waals surface area contributed by atoms with Crippen LogP contribution in [0.5, 0.6) is 0 Å². The molecule has 0 amide bonds. The van der Waals surface area contributed by atoms with E-state index in [0.29, 0.717) is 11.5 Å². The molecule has 78 valence electrons. The van der Waals surface area contributed by atoms with Crippen LogP contribution in [0, 0.1) is 16.9 Å². The number of rotatable bonds is 1. The van der Waals surface area contributed by atoms with Crippen LogP contribution in [0.1, 0.15) is 33.1 Å². The third kappa shape index (κ3) is 3.22. The van der Waals surface area contributed by atoms with Crippen molar-refractivity contribution < 1.29 is 0 Å². The summed E-state index contributed by atoms with van der Waals surface area (Å²) in [4.78, 5) is 4.53. The molecule has 1 aliphatic carbocycles. The van der Waals surface area contributed by atoms with Crippen LogP contribution >= 0.6 is 11.8 Å². The third-order valence-electron chi connectivity index (χ3n) is 2.60. The number of aliphatic imine (C=N–C) groups is 1. The summed E-state index contributed by atoms with van der Waals surface area (Å²) in [6.07, 6.45) is 7.35. The molecule has 0 aromatic carbocycles. The second-order valence-electron chi connectivity index (χ2n) is 4.44. The third-order valence-corrected chi connectivity index (χ3v) is 3.19. The highest BCUT2D eigenvalue weighted by Gasteiger charge is 2.30. The van der Waals surface area contributed by atoms with Crippen molar-refractivity contribution in [2.75, 3.05) is 6.26 Å². The Hall–Kier alpha value is -0.690. The van der Waals surface area contributed by atoms with Crippen LogP contribution in [0.2, 0.25) is 0 Å². The van der Waals surface area contributed by atoms with Crippen LogP contribution < -0.4 is 5.32 Å². The van der Waals surface area contributed by atoms with Crippen molar-refractivity contribution >= 4 is 16.9 Å². The fourth-order valence-electron chi connectivity index (χ4n) is 1.86. The minimum Gasteiger partial charge on any atom is -0.272 e. The van der Waals surface area contributed by atoms with Gasteiger partial charge in [0, 0.05) is 0 Å². The molecule has 1 saturated carbocycles. The molecule has 3 nitrogen and oxygen atoms in total. The Bertz CT molecular complexity index is 265. The monoisotopic (exact) mass is 211 g/mol. The van der Waals surface area contributed by atoms with Gasteiger partial charge >= 0.3 is 0 Å². The summed E-state index contributed by atoms with van der Waals surface area (Å²) in [5.74, 6) is 0. The highest BCUT2D eigenvalue weighted by molar-refractivity contribution is 8.13. The summed E-state index contributed by atoms with van der Waals surface area (Å²) in [6.45, 7) is 4.55. The lowest BCUT2D eigenvalue weighted by atomic mass is 9.92. The van der Waals surface area contributed by atoms with E-state index in [0.717, 1.165) is 18.0 Å². The van der Waals surface area contributed by atoms with E-state index in [4.69, 9.17) is 5.26 Å². The minimum atomic E-state index is 0.397. The number of hydrogen-bond donors (Lipinski definition) is 1. The van der Waals surface area contributed by atoms with E-state index >= 15 is 0 Å². The van der Waals surface area contributed by atoms with Gasteiger partial charge in [0.2, 0.25) is 0 Å². The first-order valence-corrected chi connectivity index (χ1v) is 6.07. The lowest BCUT2D eigenvalue weighted by Gasteiger charge is -2.15. The van der Waals surface area contributed by atoms with Crippen LogP contribution in [0.25, 0.3) is 0 Å². The largest absolute Gasteiger partial charge is 0.272 e. The Morgan fingerprint density at radius 2 is 2.36 bits per heavy atom. The van der Waals surface area contributed by atoms with Crippen molar-refractivity contribution in [3.8, 4) is 6.19 Å². The molecular weight excluding hydrogens is 194 g/mol. The summed E-state index contributed by atoms with van der Waals surface area (Å²) in [5.41, 5.74) is 0.421. The SMILES string of the molecule is CSC(=NC1CCC(C)(C)C1)NC#N. The van der Waals surface area contributed by atoms with Gasteiger partial charge in [0.15, 0.2) is 11.4 Å². The number of nitrogens with one attached hydrogen (secondary N) is 1. The van der Waals surface area contributed by atoms with Crippen molar-refractivity contribution in [3.05, 3.63) is 0 Å². The van der Waals surface area contributed by atoms with Crippen molar-refractivity contribution in [1.82, 2.24) is 5.32 Å². The predicted molar refractivity (Wildman–Crippen MR) is 61.1 cm³/mol. The molecule has 1 aliphatic rings. The lowest BCUT2D eigenvalue weighted by Crippen LogP contribution is -2.17. The highest BCUT2D eigenvalue weighted by Crippen LogP contribution is 2.38. The molecule has 0 saturated heterocycles.